The third kappa shape index (κ3) is 7.05. The maximum absolute atomic E-state index is 15.0. The van der Waals surface area contributed by atoms with Gasteiger partial charge in [0.2, 0.25) is 0 Å². The number of benzene rings is 1. The SMILES string of the molecule is CCCCC1CCC(C2CCC(c3ccc(CCC4OCC(F)(CCC)CO4)c(F)c3F)OC2)CC1. The van der Waals surface area contributed by atoms with Gasteiger partial charge in [-0.15, -0.1) is 0 Å². The first-order valence-corrected chi connectivity index (χ1v) is 14.4. The van der Waals surface area contributed by atoms with Crippen LogP contribution in [-0.4, -0.2) is 31.8 Å². The van der Waals surface area contributed by atoms with E-state index in [0.717, 1.165) is 25.2 Å². The highest BCUT2D eigenvalue weighted by molar-refractivity contribution is 5.28. The van der Waals surface area contributed by atoms with Gasteiger partial charge in [-0.05, 0) is 61.8 Å². The number of hydrogen-bond donors (Lipinski definition) is 0. The van der Waals surface area contributed by atoms with E-state index in [1.165, 1.54) is 44.9 Å². The van der Waals surface area contributed by atoms with Crippen LogP contribution in [-0.2, 0) is 20.6 Å². The summed E-state index contributed by atoms with van der Waals surface area (Å²) in [6.07, 6.45) is 11.7. The molecule has 36 heavy (non-hydrogen) atoms. The lowest BCUT2D eigenvalue weighted by Gasteiger charge is -2.38. The number of aryl methyl sites for hydroxylation is 1. The summed E-state index contributed by atoms with van der Waals surface area (Å²) in [7, 11) is 0. The van der Waals surface area contributed by atoms with Crippen LogP contribution in [0.3, 0.4) is 0 Å². The highest BCUT2D eigenvalue weighted by Crippen LogP contribution is 2.42. The first-order chi connectivity index (χ1) is 17.4. The van der Waals surface area contributed by atoms with Crippen molar-refractivity contribution in [2.45, 2.75) is 115 Å². The van der Waals surface area contributed by atoms with Gasteiger partial charge in [0, 0.05) is 12.0 Å². The average molecular weight is 511 g/mol. The summed E-state index contributed by atoms with van der Waals surface area (Å²) < 4.78 is 61.5. The molecule has 3 fully saturated rings. The van der Waals surface area contributed by atoms with E-state index in [1.807, 2.05) is 6.92 Å². The minimum absolute atomic E-state index is 0.0123. The van der Waals surface area contributed by atoms with Gasteiger partial charge < -0.3 is 14.2 Å². The molecule has 1 aromatic rings. The minimum atomic E-state index is -1.45. The Hall–Kier alpha value is -1.11. The third-order valence-electron chi connectivity index (χ3n) is 8.78. The third-order valence-corrected chi connectivity index (χ3v) is 8.78. The zero-order valence-corrected chi connectivity index (χ0v) is 22.2. The summed E-state index contributed by atoms with van der Waals surface area (Å²) >= 11 is 0. The zero-order valence-electron chi connectivity index (χ0n) is 22.2. The molecule has 3 nitrogen and oxygen atoms in total. The van der Waals surface area contributed by atoms with Crippen molar-refractivity contribution in [3.05, 3.63) is 34.9 Å². The van der Waals surface area contributed by atoms with Crippen LogP contribution in [0.4, 0.5) is 13.2 Å². The van der Waals surface area contributed by atoms with Gasteiger partial charge in [0.05, 0.1) is 25.9 Å². The molecule has 0 bridgehead atoms. The molecule has 1 saturated carbocycles. The highest BCUT2D eigenvalue weighted by Gasteiger charge is 2.36. The predicted molar refractivity (Wildman–Crippen MR) is 136 cm³/mol. The van der Waals surface area contributed by atoms with Crippen molar-refractivity contribution < 1.29 is 27.4 Å². The predicted octanol–water partition coefficient (Wildman–Crippen LogP) is 8.24. The lowest BCUT2D eigenvalue weighted by molar-refractivity contribution is -0.236. The van der Waals surface area contributed by atoms with E-state index in [0.29, 0.717) is 42.4 Å². The Kier molecular flexibility index (Phi) is 10.2. The van der Waals surface area contributed by atoms with Crippen LogP contribution in [0.25, 0.3) is 0 Å². The Morgan fingerprint density at radius 3 is 2.19 bits per heavy atom. The molecule has 0 aromatic heterocycles. The second kappa shape index (κ2) is 13.1. The standard InChI is InChI=1S/C30H45F3O3/c1-3-5-6-21-7-9-22(10-8-21)24-12-15-26(34-18-24)25-14-11-23(28(31)29(25)32)13-16-27-35-19-30(33,17-4-2)20-36-27/h11,14,21-22,24,26-27H,3-10,12-13,15-20H2,1-2H3. The molecule has 0 radical (unpaired) electrons. The average Bonchev–Trinajstić information content (AvgIpc) is 2.90. The van der Waals surface area contributed by atoms with Gasteiger partial charge in [-0.25, -0.2) is 13.2 Å². The fraction of sp³-hybridized carbons (Fsp3) is 0.800. The van der Waals surface area contributed by atoms with Crippen molar-refractivity contribution in [1.29, 1.82) is 0 Å². The topological polar surface area (TPSA) is 27.7 Å². The summed E-state index contributed by atoms with van der Waals surface area (Å²) in [5.74, 6) is 0.524. The van der Waals surface area contributed by atoms with Gasteiger partial charge in [-0.2, -0.15) is 0 Å². The van der Waals surface area contributed by atoms with E-state index in [4.69, 9.17) is 14.2 Å². The van der Waals surface area contributed by atoms with Crippen LogP contribution in [0.5, 0.6) is 0 Å². The Bertz CT molecular complexity index is 808. The molecule has 0 amide bonds. The molecular formula is C30H45F3O3. The number of alkyl halides is 1. The number of unbranched alkanes of at least 4 members (excludes halogenated alkanes) is 1. The normalized spacial score (nSPS) is 33.5. The Balaban J connectivity index is 1.24. The van der Waals surface area contributed by atoms with Gasteiger partial charge in [0.1, 0.15) is 0 Å². The summed E-state index contributed by atoms with van der Waals surface area (Å²) in [4.78, 5) is 0. The smallest absolute Gasteiger partial charge is 0.164 e. The molecule has 0 N–H and O–H groups in total. The molecule has 204 valence electrons. The number of hydrogen-bond acceptors (Lipinski definition) is 3. The van der Waals surface area contributed by atoms with Gasteiger partial charge in [0.25, 0.3) is 0 Å². The van der Waals surface area contributed by atoms with Crippen LogP contribution in [0.2, 0.25) is 0 Å². The second-order valence-corrected chi connectivity index (χ2v) is 11.5. The molecule has 2 aliphatic heterocycles. The fourth-order valence-electron chi connectivity index (χ4n) is 6.48. The summed E-state index contributed by atoms with van der Waals surface area (Å²) in [6.45, 7) is 4.80. The molecule has 2 heterocycles. The maximum Gasteiger partial charge on any atom is 0.164 e. The molecule has 1 aromatic carbocycles. The van der Waals surface area contributed by atoms with Gasteiger partial charge >= 0.3 is 0 Å². The maximum atomic E-state index is 15.0. The first kappa shape index (κ1) is 27.9. The quantitative estimate of drug-likeness (QED) is 0.317. The van der Waals surface area contributed by atoms with E-state index >= 15 is 4.39 Å². The lowest BCUT2D eigenvalue weighted by atomic mass is 9.72. The van der Waals surface area contributed by atoms with E-state index in [-0.39, 0.29) is 25.7 Å². The molecular weight excluding hydrogens is 465 g/mol. The number of halogens is 3. The van der Waals surface area contributed by atoms with Crippen molar-refractivity contribution in [1.82, 2.24) is 0 Å². The highest BCUT2D eigenvalue weighted by atomic mass is 19.2. The van der Waals surface area contributed by atoms with E-state index in [1.54, 1.807) is 12.1 Å². The lowest BCUT2D eigenvalue weighted by Crippen LogP contribution is -2.44. The molecule has 2 saturated heterocycles. The van der Waals surface area contributed by atoms with E-state index in [9.17, 15) is 8.78 Å². The minimum Gasteiger partial charge on any atom is -0.373 e. The Morgan fingerprint density at radius 1 is 0.833 bits per heavy atom. The van der Waals surface area contributed by atoms with Crippen LogP contribution in [0.1, 0.15) is 108 Å². The van der Waals surface area contributed by atoms with Crippen molar-refractivity contribution in [2.24, 2.45) is 17.8 Å². The molecule has 6 heteroatoms. The Labute approximate surface area is 215 Å². The van der Waals surface area contributed by atoms with Crippen LogP contribution < -0.4 is 0 Å². The van der Waals surface area contributed by atoms with Gasteiger partial charge in [-0.3, -0.25) is 0 Å². The largest absolute Gasteiger partial charge is 0.373 e. The van der Waals surface area contributed by atoms with E-state index in [2.05, 4.69) is 6.92 Å². The van der Waals surface area contributed by atoms with E-state index < -0.39 is 23.6 Å². The van der Waals surface area contributed by atoms with Crippen molar-refractivity contribution in [3.8, 4) is 0 Å². The van der Waals surface area contributed by atoms with Crippen molar-refractivity contribution in [3.63, 3.8) is 0 Å². The number of ether oxygens (including phenoxy) is 3. The molecule has 0 spiro atoms. The van der Waals surface area contributed by atoms with Crippen molar-refractivity contribution in [2.75, 3.05) is 19.8 Å². The second-order valence-electron chi connectivity index (χ2n) is 11.5. The van der Waals surface area contributed by atoms with Gasteiger partial charge in [0.15, 0.2) is 23.6 Å². The molecule has 2 unspecified atom stereocenters. The zero-order chi connectivity index (χ0) is 25.5. The first-order valence-electron chi connectivity index (χ1n) is 14.4. The fourth-order valence-corrected chi connectivity index (χ4v) is 6.48. The summed E-state index contributed by atoms with van der Waals surface area (Å²) in [5.41, 5.74) is -0.829. The molecule has 4 rings (SSSR count). The monoisotopic (exact) mass is 510 g/mol. The summed E-state index contributed by atoms with van der Waals surface area (Å²) in [5, 5.41) is 0. The number of rotatable bonds is 10. The molecule has 3 aliphatic rings. The van der Waals surface area contributed by atoms with Crippen LogP contribution >= 0.6 is 0 Å². The van der Waals surface area contributed by atoms with Gasteiger partial charge in [-0.1, -0.05) is 64.5 Å². The molecule has 1 aliphatic carbocycles. The van der Waals surface area contributed by atoms with Crippen LogP contribution in [0.15, 0.2) is 12.1 Å². The van der Waals surface area contributed by atoms with Crippen LogP contribution in [0, 0.1) is 29.4 Å². The summed E-state index contributed by atoms with van der Waals surface area (Å²) in [6, 6.07) is 3.33. The van der Waals surface area contributed by atoms with Crippen molar-refractivity contribution >= 4 is 0 Å². The molecule has 2 atom stereocenters. The Morgan fingerprint density at radius 2 is 1.56 bits per heavy atom.